The summed E-state index contributed by atoms with van der Waals surface area (Å²) in [4.78, 5) is 12.2. The first-order valence-corrected chi connectivity index (χ1v) is 8.62. The number of nitrogens with one attached hydrogen (secondary N) is 1. The number of hydrogen-bond donors (Lipinski definition) is 1. The molecule has 1 aromatic heterocycles. The van der Waals surface area contributed by atoms with Crippen LogP contribution in [-0.4, -0.2) is 16.5 Å². The largest absolute Gasteiger partial charge is 0.349 e. The third-order valence-corrected chi connectivity index (χ3v) is 4.43. The van der Waals surface area contributed by atoms with Crippen molar-refractivity contribution >= 4 is 23.6 Å². The Balaban J connectivity index is 2.42. The summed E-state index contributed by atoms with van der Waals surface area (Å²) >= 11 is 6.10. The number of carbonyl (C=O) groups is 1. The van der Waals surface area contributed by atoms with Crippen LogP contribution in [0.4, 0.5) is 0 Å². The average Bonchev–Trinajstić information content (AvgIpc) is 2.85. The third-order valence-electron chi connectivity index (χ3n) is 4.19. The van der Waals surface area contributed by atoms with E-state index in [1.165, 1.54) is 0 Å². The smallest absolute Gasteiger partial charge is 0.262 e. The fourth-order valence-electron chi connectivity index (χ4n) is 2.65. The van der Waals surface area contributed by atoms with Crippen molar-refractivity contribution in [1.82, 2.24) is 9.88 Å². The molecule has 0 spiro atoms. The molecule has 0 aliphatic heterocycles. The Hall–Kier alpha value is -2.51. The highest BCUT2D eigenvalue weighted by Crippen LogP contribution is 2.24. The van der Waals surface area contributed by atoms with Gasteiger partial charge in [-0.15, -0.1) is 0 Å². The normalized spacial score (nSPS) is 12.6. The summed E-state index contributed by atoms with van der Waals surface area (Å²) in [7, 11) is 0. The fourth-order valence-corrected chi connectivity index (χ4v) is 2.84. The molecule has 4 nitrogen and oxygen atoms in total. The van der Waals surface area contributed by atoms with Crippen molar-refractivity contribution in [3.05, 3.63) is 57.9 Å². The molecule has 0 radical (unpaired) electrons. The van der Waals surface area contributed by atoms with Gasteiger partial charge in [0.25, 0.3) is 5.91 Å². The van der Waals surface area contributed by atoms with Crippen molar-refractivity contribution in [3.8, 4) is 11.8 Å². The Bertz CT molecular complexity index is 858. The Kier molecular flexibility index (Phi) is 6.06. The number of aryl methyl sites for hydroxylation is 1. The molecule has 0 aliphatic carbocycles. The fraction of sp³-hybridized carbons (Fsp3) is 0.300. The minimum absolute atomic E-state index is 0.0307. The van der Waals surface area contributed by atoms with E-state index in [1.807, 2.05) is 64.1 Å². The average molecular weight is 356 g/mol. The number of aromatic nitrogens is 1. The first kappa shape index (κ1) is 18.8. The zero-order valence-corrected chi connectivity index (χ0v) is 15.7. The van der Waals surface area contributed by atoms with Gasteiger partial charge in [0.2, 0.25) is 0 Å². The molecule has 0 bridgehead atoms. The van der Waals surface area contributed by atoms with Crippen LogP contribution in [0.25, 0.3) is 11.8 Å². The maximum absolute atomic E-state index is 12.2. The summed E-state index contributed by atoms with van der Waals surface area (Å²) in [5.74, 6) is -0.343. The Labute approximate surface area is 153 Å². The van der Waals surface area contributed by atoms with Crippen LogP contribution in [0, 0.1) is 25.2 Å². The second-order valence-electron chi connectivity index (χ2n) is 6.09. The van der Waals surface area contributed by atoms with E-state index in [9.17, 15) is 10.1 Å². The first-order valence-electron chi connectivity index (χ1n) is 8.24. The highest BCUT2D eigenvalue weighted by atomic mass is 35.5. The summed E-state index contributed by atoms with van der Waals surface area (Å²) in [6.45, 7) is 7.84. The van der Waals surface area contributed by atoms with Crippen molar-refractivity contribution in [1.29, 1.82) is 5.26 Å². The highest BCUT2D eigenvalue weighted by Gasteiger charge is 2.15. The van der Waals surface area contributed by atoms with E-state index in [2.05, 4.69) is 9.88 Å². The number of nitriles is 1. The molecule has 0 aliphatic rings. The number of amides is 1. The van der Waals surface area contributed by atoms with Crippen molar-refractivity contribution < 1.29 is 4.79 Å². The van der Waals surface area contributed by atoms with E-state index in [0.717, 1.165) is 29.1 Å². The quantitative estimate of drug-likeness (QED) is 0.631. The first-order chi connectivity index (χ1) is 11.9. The zero-order valence-electron chi connectivity index (χ0n) is 14.9. The predicted octanol–water partition coefficient (Wildman–Crippen LogP) is 4.57. The van der Waals surface area contributed by atoms with Crippen LogP contribution in [-0.2, 0) is 4.79 Å². The lowest BCUT2D eigenvalue weighted by atomic mass is 10.1. The predicted molar refractivity (Wildman–Crippen MR) is 102 cm³/mol. The summed E-state index contributed by atoms with van der Waals surface area (Å²) in [5, 5.41) is 12.8. The van der Waals surface area contributed by atoms with Gasteiger partial charge >= 0.3 is 0 Å². The molecule has 1 atom stereocenters. The van der Waals surface area contributed by atoms with Gasteiger partial charge in [0, 0.05) is 28.1 Å². The lowest BCUT2D eigenvalue weighted by Crippen LogP contribution is -2.32. The van der Waals surface area contributed by atoms with Crippen molar-refractivity contribution in [2.45, 2.75) is 40.2 Å². The molecule has 1 heterocycles. The summed E-state index contributed by atoms with van der Waals surface area (Å²) in [6, 6.07) is 11.6. The molecule has 25 heavy (non-hydrogen) atoms. The number of benzene rings is 1. The Morgan fingerprint density at radius 1 is 1.40 bits per heavy atom. The summed E-state index contributed by atoms with van der Waals surface area (Å²) < 4.78 is 2.05. The molecule has 1 N–H and O–H groups in total. The lowest BCUT2D eigenvalue weighted by Gasteiger charge is -2.11. The monoisotopic (exact) mass is 355 g/mol. The summed E-state index contributed by atoms with van der Waals surface area (Å²) in [5.41, 5.74) is 3.85. The van der Waals surface area contributed by atoms with Crippen molar-refractivity contribution in [2.75, 3.05) is 0 Å². The van der Waals surface area contributed by atoms with E-state index in [-0.39, 0.29) is 17.5 Å². The number of nitrogens with zero attached hydrogens (tertiary/aromatic N) is 2. The van der Waals surface area contributed by atoms with Crippen LogP contribution in [0.5, 0.6) is 0 Å². The number of halogens is 1. The van der Waals surface area contributed by atoms with Gasteiger partial charge in [0.05, 0.1) is 0 Å². The van der Waals surface area contributed by atoms with Crippen LogP contribution in [0.1, 0.15) is 37.2 Å². The van der Waals surface area contributed by atoms with Gasteiger partial charge < -0.3 is 9.88 Å². The van der Waals surface area contributed by atoms with Crippen molar-refractivity contribution in [3.63, 3.8) is 0 Å². The SMILES string of the molecule is CC[C@@H](C)NC(=O)/C(C#N)=C/c1cc(C)n(-c2cccc(Cl)c2)c1C. The van der Waals surface area contributed by atoms with Gasteiger partial charge in [-0.1, -0.05) is 24.6 Å². The van der Waals surface area contributed by atoms with Crippen LogP contribution in [0.15, 0.2) is 35.9 Å². The minimum atomic E-state index is -0.343. The molecule has 2 aromatic rings. The molecular formula is C20H22ClN3O. The van der Waals surface area contributed by atoms with Gasteiger partial charge in [0.15, 0.2) is 0 Å². The number of hydrogen-bond acceptors (Lipinski definition) is 2. The molecule has 0 unspecified atom stereocenters. The molecule has 130 valence electrons. The molecular weight excluding hydrogens is 334 g/mol. The van der Waals surface area contributed by atoms with Gasteiger partial charge in [-0.3, -0.25) is 4.79 Å². The summed E-state index contributed by atoms with van der Waals surface area (Å²) in [6.07, 6.45) is 2.45. The van der Waals surface area contributed by atoms with Crippen LogP contribution >= 0.6 is 11.6 Å². The van der Waals surface area contributed by atoms with Crippen molar-refractivity contribution in [2.24, 2.45) is 0 Å². The molecule has 2 rings (SSSR count). The third kappa shape index (κ3) is 4.32. The van der Waals surface area contributed by atoms with E-state index < -0.39 is 0 Å². The molecule has 0 saturated heterocycles. The van der Waals surface area contributed by atoms with E-state index in [0.29, 0.717) is 5.02 Å². The Morgan fingerprint density at radius 3 is 2.72 bits per heavy atom. The molecule has 0 fully saturated rings. The Morgan fingerprint density at radius 2 is 2.12 bits per heavy atom. The van der Waals surface area contributed by atoms with Crippen LogP contribution in [0.2, 0.25) is 5.02 Å². The van der Waals surface area contributed by atoms with E-state index in [1.54, 1.807) is 6.08 Å². The van der Waals surface area contributed by atoms with E-state index >= 15 is 0 Å². The second kappa shape index (κ2) is 8.04. The van der Waals surface area contributed by atoms with Gasteiger partial charge in [0.1, 0.15) is 11.6 Å². The number of carbonyl (C=O) groups excluding carboxylic acids is 1. The van der Waals surface area contributed by atoms with Gasteiger partial charge in [-0.2, -0.15) is 5.26 Å². The van der Waals surface area contributed by atoms with Gasteiger partial charge in [-0.25, -0.2) is 0 Å². The van der Waals surface area contributed by atoms with E-state index in [4.69, 9.17) is 11.6 Å². The topological polar surface area (TPSA) is 57.8 Å². The standard InChI is InChI=1S/C20H22ClN3O/c1-5-13(2)23-20(25)17(12-22)10-16-9-14(3)24(15(16)4)19-8-6-7-18(21)11-19/h6-11,13H,5H2,1-4H3,(H,23,25)/b17-10+/t13-/m1/s1. The molecule has 5 heteroatoms. The lowest BCUT2D eigenvalue weighted by molar-refractivity contribution is -0.117. The highest BCUT2D eigenvalue weighted by molar-refractivity contribution is 6.30. The van der Waals surface area contributed by atoms with Crippen LogP contribution in [0.3, 0.4) is 0 Å². The molecule has 0 saturated carbocycles. The molecule has 1 aromatic carbocycles. The zero-order chi connectivity index (χ0) is 18.6. The maximum Gasteiger partial charge on any atom is 0.262 e. The number of rotatable bonds is 5. The molecule has 1 amide bonds. The van der Waals surface area contributed by atoms with Gasteiger partial charge in [-0.05, 0) is 63.1 Å². The second-order valence-corrected chi connectivity index (χ2v) is 6.53. The maximum atomic E-state index is 12.2. The minimum Gasteiger partial charge on any atom is -0.349 e. The van der Waals surface area contributed by atoms with Crippen LogP contribution < -0.4 is 5.32 Å².